The van der Waals surface area contributed by atoms with Crippen LogP contribution in [0.2, 0.25) is 0 Å². The van der Waals surface area contributed by atoms with Gasteiger partial charge in [-0.05, 0) is 32.4 Å². The smallest absolute Gasteiger partial charge is 0.326 e. The molecular formula is C17H21NO4. The Hall–Kier alpha value is -2.43. The highest BCUT2D eigenvalue weighted by molar-refractivity contribution is 6.04. The molecule has 0 fully saturated rings. The second-order valence-electron chi connectivity index (χ2n) is 5.77. The molecule has 1 rings (SSSR count). The Bertz CT molecular complexity index is 570. The van der Waals surface area contributed by atoms with Gasteiger partial charge in [-0.1, -0.05) is 30.3 Å². The van der Waals surface area contributed by atoms with Crippen molar-refractivity contribution in [2.24, 2.45) is 0 Å². The van der Waals surface area contributed by atoms with E-state index in [0.717, 1.165) is 10.5 Å². The topological polar surface area (TPSA) is 63.7 Å². The summed E-state index contributed by atoms with van der Waals surface area (Å²) in [7, 11) is 0. The number of nitrogens with zero attached hydrogens (tertiary/aromatic N) is 1. The van der Waals surface area contributed by atoms with E-state index in [4.69, 9.17) is 4.74 Å². The number of carbonyl (C=O) groups excluding carboxylic acids is 3. The van der Waals surface area contributed by atoms with E-state index in [0.29, 0.717) is 0 Å². The first-order valence-corrected chi connectivity index (χ1v) is 6.96. The van der Waals surface area contributed by atoms with E-state index in [2.05, 4.69) is 0 Å². The third-order valence-corrected chi connectivity index (χ3v) is 2.57. The maximum absolute atomic E-state index is 12.1. The summed E-state index contributed by atoms with van der Waals surface area (Å²) in [6.07, 6.45) is 2.86. The molecule has 0 heterocycles. The van der Waals surface area contributed by atoms with Crippen LogP contribution < -0.4 is 0 Å². The van der Waals surface area contributed by atoms with Crippen molar-refractivity contribution in [2.45, 2.75) is 33.3 Å². The fraction of sp³-hybridized carbons (Fsp3) is 0.353. The van der Waals surface area contributed by atoms with Crippen molar-refractivity contribution in [1.82, 2.24) is 4.90 Å². The summed E-state index contributed by atoms with van der Waals surface area (Å²) in [4.78, 5) is 36.2. The molecule has 0 spiro atoms. The molecule has 0 unspecified atom stereocenters. The average molecular weight is 303 g/mol. The Morgan fingerprint density at radius 3 is 2.23 bits per heavy atom. The van der Waals surface area contributed by atoms with Crippen molar-refractivity contribution in [3.8, 4) is 0 Å². The minimum atomic E-state index is -0.664. The summed E-state index contributed by atoms with van der Waals surface area (Å²) in [5.41, 5.74) is 0.166. The minimum absolute atomic E-state index is 0.398. The molecule has 118 valence electrons. The molecule has 0 bridgehead atoms. The van der Waals surface area contributed by atoms with E-state index in [1.165, 1.54) is 13.0 Å². The van der Waals surface area contributed by atoms with Gasteiger partial charge < -0.3 is 4.74 Å². The van der Waals surface area contributed by atoms with Gasteiger partial charge in [-0.25, -0.2) is 0 Å². The second-order valence-corrected chi connectivity index (χ2v) is 5.77. The first kappa shape index (κ1) is 17.6. The quantitative estimate of drug-likeness (QED) is 0.633. The van der Waals surface area contributed by atoms with Crippen LogP contribution in [0.4, 0.5) is 0 Å². The monoisotopic (exact) mass is 303 g/mol. The molecule has 0 aliphatic rings. The molecular weight excluding hydrogens is 282 g/mol. The van der Waals surface area contributed by atoms with Crippen molar-refractivity contribution in [1.29, 1.82) is 0 Å². The van der Waals surface area contributed by atoms with E-state index in [9.17, 15) is 14.4 Å². The zero-order valence-electron chi connectivity index (χ0n) is 13.3. The number of hydrogen-bond donors (Lipinski definition) is 0. The predicted octanol–water partition coefficient (Wildman–Crippen LogP) is 2.42. The van der Waals surface area contributed by atoms with Crippen LogP contribution in [0.5, 0.6) is 0 Å². The predicted molar refractivity (Wildman–Crippen MR) is 83.7 cm³/mol. The van der Waals surface area contributed by atoms with Gasteiger partial charge in [0.1, 0.15) is 12.1 Å². The molecule has 0 aromatic heterocycles. The minimum Gasteiger partial charge on any atom is -0.459 e. The zero-order valence-corrected chi connectivity index (χ0v) is 13.3. The second kappa shape index (κ2) is 7.54. The Kier molecular flexibility index (Phi) is 6.04. The van der Waals surface area contributed by atoms with Gasteiger partial charge in [0.25, 0.3) is 5.91 Å². The van der Waals surface area contributed by atoms with Gasteiger partial charge in [0.15, 0.2) is 0 Å². The molecule has 1 aromatic carbocycles. The van der Waals surface area contributed by atoms with Gasteiger partial charge in [0.05, 0.1) is 0 Å². The number of imide groups is 1. The Morgan fingerprint density at radius 1 is 1.14 bits per heavy atom. The average Bonchev–Trinajstić information content (AvgIpc) is 2.41. The Labute approximate surface area is 130 Å². The number of hydrogen-bond acceptors (Lipinski definition) is 4. The lowest BCUT2D eigenvalue weighted by molar-refractivity contribution is -0.161. The van der Waals surface area contributed by atoms with Crippen molar-refractivity contribution >= 4 is 23.9 Å². The molecule has 0 aliphatic heterocycles. The van der Waals surface area contributed by atoms with Crippen LogP contribution in [-0.2, 0) is 19.1 Å². The molecule has 0 saturated heterocycles. The van der Waals surface area contributed by atoms with Gasteiger partial charge in [-0.2, -0.15) is 0 Å². The SMILES string of the molecule is CC(=O)N(CC(=O)OC(C)(C)C)C(=O)/C=C/c1ccccc1. The largest absolute Gasteiger partial charge is 0.459 e. The van der Waals surface area contributed by atoms with Gasteiger partial charge in [-0.15, -0.1) is 0 Å². The molecule has 5 heteroatoms. The number of benzene rings is 1. The molecule has 0 atom stereocenters. The van der Waals surface area contributed by atoms with Gasteiger partial charge in [-0.3, -0.25) is 19.3 Å². The van der Waals surface area contributed by atoms with Gasteiger partial charge in [0.2, 0.25) is 5.91 Å². The van der Waals surface area contributed by atoms with E-state index in [1.54, 1.807) is 26.8 Å². The summed E-state index contributed by atoms with van der Waals surface area (Å²) in [5.74, 6) is -1.68. The number of carbonyl (C=O) groups is 3. The number of amides is 2. The maximum Gasteiger partial charge on any atom is 0.326 e. The lowest BCUT2D eigenvalue weighted by atomic mass is 10.2. The van der Waals surface area contributed by atoms with Crippen LogP contribution in [0.3, 0.4) is 0 Å². The lowest BCUT2D eigenvalue weighted by Crippen LogP contribution is -2.40. The summed E-state index contributed by atoms with van der Waals surface area (Å²) in [6.45, 7) is 6.00. The fourth-order valence-corrected chi connectivity index (χ4v) is 1.67. The fourth-order valence-electron chi connectivity index (χ4n) is 1.67. The summed E-state index contributed by atoms with van der Waals surface area (Å²) in [6, 6.07) is 9.20. The number of ether oxygens (including phenoxy) is 1. The van der Waals surface area contributed by atoms with E-state index < -0.39 is 29.9 Å². The summed E-state index contributed by atoms with van der Waals surface area (Å²) < 4.78 is 5.12. The van der Waals surface area contributed by atoms with E-state index in [-0.39, 0.29) is 0 Å². The molecule has 22 heavy (non-hydrogen) atoms. The van der Waals surface area contributed by atoms with Crippen LogP contribution in [0.1, 0.15) is 33.3 Å². The first-order valence-electron chi connectivity index (χ1n) is 6.96. The Balaban J connectivity index is 2.74. The molecule has 5 nitrogen and oxygen atoms in total. The molecule has 0 saturated carbocycles. The number of rotatable bonds is 4. The zero-order chi connectivity index (χ0) is 16.8. The van der Waals surface area contributed by atoms with E-state index in [1.807, 2.05) is 30.3 Å². The summed E-state index contributed by atoms with van der Waals surface area (Å²) >= 11 is 0. The molecule has 2 amide bonds. The Morgan fingerprint density at radius 2 is 1.73 bits per heavy atom. The molecule has 0 radical (unpaired) electrons. The van der Waals surface area contributed by atoms with Crippen LogP contribution in [0, 0.1) is 0 Å². The van der Waals surface area contributed by atoms with Gasteiger partial charge in [0, 0.05) is 13.0 Å². The van der Waals surface area contributed by atoms with Crippen LogP contribution in [0.25, 0.3) is 6.08 Å². The number of esters is 1. The van der Waals surface area contributed by atoms with E-state index >= 15 is 0 Å². The van der Waals surface area contributed by atoms with Crippen LogP contribution >= 0.6 is 0 Å². The highest BCUT2D eigenvalue weighted by Crippen LogP contribution is 2.08. The highest BCUT2D eigenvalue weighted by Gasteiger charge is 2.23. The van der Waals surface area contributed by atoms with Crippen molar-refractivity contribution in [3.05, 3.63) is 42.0 Å². The summed E-state index contributed by atoms with van der Waals surface area (Å²) in [5, 5.41) is 0. The van der Waals surface area contributed by atoms with Crippen molar-refractivity contribution < 1.29 is 19.1 Å². The lowest BCUT2D eigenvalue weighted by Gasteiger charge is -2.22. The van der Waals surface area contributed by atoms with Crippen molar-refractivity contribution in [2.75, 3.05) is 6.54 Å². The highest BCUT2D eigenvalue weighted by atomic mass is 16.6. The molecule has 0 N–H and O–H groups in total. The normalized spacial score (nSPS) is 11.3. The van der Waals surface area contributed by atoms with Crippen LogP contribution in [0.15, 0.2) is 36.4 Å². The third kappa shape index (κ3) is 6.35. The van der Waals surface area contributed by atoms with Crippen molar-refractivity contribution in [3.63, 3.8) is 0 Å². The first-order chi connectivity index (χ1) is 10.2. The third-order valence-electron chi connectivity index (χ3n) is 2.57. The van der Waals surface area contributed by atoms with Crippen LogP contribution in [-0.4, -0.2) is 34.8 Å². The van der Waals surface area contributed by atoms with Gasteiger partial charge >= 0.3 is 5.97 Å². The maximum atomic E-state index is 12.1. The molecule has 1 aromatic rings. The standard InChI is InChI=1S/C17H21NO4/c1-13(19)18(12-16(21)22-17(2,3)4)15(20)11-10-14-8-6-5-7-9-14/h5-11H,12H2,1-4H3/b11-10+. The molecule has 0 aliphatic carbocycles.